The molecular weight excluding hydrogens is 306 g/mol. The number of thiazole rings is 1. The topological polar surface area (TPSA) is 79.8 Å². The summed E-state index contributed by atoms with van der Waals surface area (Å²) >= 11 is 4.60. The third kappa shape index (κ3) is 2.98. The molecular formula is C9H8BrN5OS. The maximum absolute atomic E-state index is 11.8. The zero-order valence-corrected chi connectivity index (χ0v) is 11.2. The minimum atomic E-state index is -0.337. The van der Waals surface area contributed by atoms with Gasteiger partial charge in [0.1, 0.15) is 11.5 Å². The van der Waals surface area contributed by atoms with Gasteiger partial charge in [0.2, 0.25) is 0 Å². The summed E-state index contributed by atoms with van der Waals surface area (Å²) in [6.07, 6.45) is 4.56. The quantitative estimate of drug-likeness (QED) is 0.906. The Morgan fingerprint density at radius 2 is 2.24 bits per heavy atom. The van der Waals surface area contributed by atoms with Gasteiger partial charge in [0, 0.05) is 7.05 Å². The summed E-state index contributed by atoms with van der Waals surface area (Å²) in [6.45, 7) is 0. The number of hydrogen-bond acceptors (Lipinski definition) is 6. The maximum atomic E-state index is 11.8. The van der Waals surface area contributed by atoms with Crippen LogP contribution in [0.15, 0.2) is 22.4 Å². The molecule has 2 aromatic heterocycles. The number of hydrogen-bond donors (Lipinski definition) is 2. The van der Waals surface area contributed by atoms with Gasteiger partial charge < -0.3 is 5.32 Å². The fourth-order valence-electron chi connectivity index (χ4n) is 1.07. The first-order valence-corrected chi connectivity index (χ1v) is 6.22. The molecule has 0 unspecified atom stereocenters. The molecule has 0 aliphatic carbocycles. The molecule has 0 saturated heterocycles. The Morgan fingerprint density at radius 3 is 2.88 bits per heavy atom. The first-order valence-electron chi connectivity index (χ1n) is 4.61. The number of rotatable bonds is 3. The SMILES string of the molecule is CNc1cncc(C(=O)Nc2ncc(Br)s2)n1. The van der Waals surface area contributed by atoms with Crippen LogP contribution in [0.2, 0.25) is 0 Å². The fraction of sp³-hybridized carbons (Fsp3) is 0.111. The number of amides is 1. The number of carbonyl (C=O) groups is 1. The Kier molecular flexibility index (Phi) is 3.64. The molecule has 2 heterocycles. The van der Waals surface area contributed by atoms with Crippen molar-refractivity contribution in [1.29, 1.82) is 0 Å². The van der Waals surface area contributed by atoms with E-state index in [1.165, 1.54) is 23.7 Å². The number of carbonyl (C=O) groups excluding carboxylic acids is 1. The first-order chi connectivity index (χ1) is 8.19. The van der Waals surface area contributed by atoms with Gasteiger partial charge in [0.05, 0.1) is 22.4 Å². The highest BCUT2D eigenvalue weighted by molar-refractivity contribution is 9.11. The lowest BCUT2D eigenvalue weighted by Crippen LogP contribution is -2.14. The number of halogens is 1. The Morgan fingerprint density at radius 1 is 1.41 bits per heavy atom. The lowest BCUT2D eigenvalue weighted by Gasteiger charge is -2.02. The van der Waals surface area contributed by atoms with Gasteiger partial charge in [-0.1, -0.05) is 11.3 Å². The monoisotopic (exact) mass is 313 g/mol. The highest BCUT2D eigenvalue weighted by Crippen LogP contribution is 2.23. The van der Waals surface area contributed by atoms with Crippen LogP contribution in [-0.2, 0) is 0 Å². The van der Waals surface area contributed by atoms with Crippen LogP contribution < -0.4 is 10.6 Å². The average molecular weight is 314 g/mol. The fourth-order valence-corrected chi connectivity index (χ4v) is 2.17. The molecule has 6 nitrogen and oxygen atoms in total. The average Bonchev–Trinajstić information content (AvgIpc) is 2.75. The van der Waals surface area contributed by atoms with Gasteiger partial charge in [-0.2, -0.15) is 0 Å². The van der Waals surface area contributed by atoms with Crippen molar-refractivity contribution in [2.24, 2.45) is 0 Å². The van der Waals surface area contributed by atoms with Crippen LogP contribution in [0.1, 0.15) is 10.5 Å². The van der Waals surface area contributed by atoms with Crippen LogP contribution >= 0.6 is 27.3 Å². The van der Waals surface area contributed by atoms with Crippen molar-refractivity contribution in [2.75, 3.05) is 17.7 Å². The second-order valence-corrected chi connectivity index (χ2v) is 5.37. The Balaban J connectivity index is 2.14. The summed E-state index contributed by atoms with van der Waals surface area (Å²) in [5.41, 5.74) is 0.239. The molecule has 0 atom stereocenters. The van der Waals surface area contributed by atoms with Crippen molar-refractivity contribution in [3.63, 3.8) is 0 Å². The van der Waals surface area contributed by atoms with E-state index in [1.54, 1.807) is 13.2 Å². The van der Waals surface area contributed by atoms with Crippen molar-refractivity contribution in [3.8, 4) is 0 Å². The van der Waals surface area contributed by atoms with E-state index in [-0.39, 0.29) is 11.6 Å². The highest BCUT2D eigenvalue weighted by Gasteiger charge is 2.10. The lowest BCUT2D eigenvalue weighted by atomic mass is 10.4. The third-order valence-electron chi connectivity index (χ3n) is 1.82. The van der Waals surface area contributed by atoms with E-state index < -0.39 is 0 Å². The van der Waals surface area contributed by atoms with Gasteiger partial charge in [-0.05, 0) is 15.9 Å². The van der Waals surface area contributed by atoms with Crippen LogP contribution in [0.5, 0.6) is 0 Å². The number of nitrogens with one attached hydrogen (secondary N) is 2. The second-order valence-electron chi connectivity index (χ2n) is 2.96. The van der Waals surface area contributed by atoms with Gasteiger partial charge in [0.25, 0.3) is 5.91 Å². The molecule has 0 fully saturated rings. The standard InChI is InChI=1S/C9H8BrN5OS/c1-11-7-4-12-2-5(14-7)8(16)15-9-13-3-6(10)17-9/h2-4H,1H3,(H,11,14)(H,13,15,16). The second kappa shape index (κ2) is 5.19. The van der Waals surface area contributed by atoms with E-state index in [4.69, 9.17) is 0 Å². The molecule has 0 spiro atoms. The predicted molar refractivity (Wildman–Crippen MR) is 69.3 cm³/mol. The molecule has 0 saturated carbocycles. The first kappa shape index (κ1) is 11.9. The summed E-state index contributed by atoms with van der Waals surface area (Å²) in [5, 5.41) is 5.97. The van der Waals surface area contributed by atoms with Crippen LogP contribution in [0.4, 0.5) is 10.9 Å². The zero-order chi connectivity index (χ0) is 12.3. The van der Waals surface area contributed by atoms with E-state index in [0.717, 1.165) is 3.79 Å². The number of aromatic nitrogens is 3. The summed E-state index contributed by atoms with van der Waals surface area (Å²) in [4.78, 5) is 23.8. The summed E-state index contributed by atoms with van der Waals surface area (Å²) in [6, 6.07) is 0. The van der Waals surface area contributed by atoms with Crippen molar-refractivity contribution in [1.82, 2.24) is 15.0 Å². The molecule has 2 N–H and O–H groups in total. The van der Waals surface area contributed by atoms with E-state index in [2.05, 4.69) is 41.5 Å². The van der Waals surface area contributed by atoms with Gasteiger partial charge in [-0.25, -0.2) is 9.97 Å². The van der Waals surface area contributed by atoms with Gasteiger partial charge >= 0.3 is 0 Å². The molecule has 0 bridgehead atoms. The Hall–Kier alpha value is -1.54. The van der Waals surface area contributed by atoms with Crippen molar-refractivity contribution in [2.45, 2.75) is 0 Å². The smallest absolute Gasteiger partial charge is 0.277 e. The van der Waals surface area contributed by atoms with E-state index in [9.17, 15) is 4.79 Å². The van der Waals surface area contributed by atoms with Gasteiger partial charge in [-0.3, -0.25) is 15.1 Å². The summed E-state index contributed by atoms with van der Waals surface area (Å²) in [7, 11) is 1.71. The molecule has 8 heteroatoms. The molecule has 17 heavy (non-hydrogen) atoms. The van der Waals surface area contributed by atoms with Crippen LogP contribution in [0, 0.1) is 0 Å². The van der Waals surface area contributed by atoms with Crippen molar-refractivity contribution in [3.05, 3.63) is 28.1 Å². The van der Waals surface area contributed by atoms with Crippen LogP contribution in [0.25, 0.3) is 0 Å². The van der Waals surface area contributed by atoms with Crippen molar-refractivity contribution < 1.29 is 4.79 Å². The predicted octanol–water partition coefficient (Wildman–Crippen LogP) is 1.99. The minimum Gasteiger partial charge on any atom is -0.372 e. The third-order valence-corrected chi connectivity index (χ3v) is 3.21. The number of nitrogens with zero attached hydrogens (tertiary/aromatic N) is 3. The lowest BCUT2D eigenvalue weighted by molar-refractivity contribution is 0.102. The molecule has 0 aromatic carbocycles. The van der Waals surface area contributed by atoms with Crippen molar-refractivity contribution >= 4 is 44.1 Å². The molecule has 0 radical (unpaired) electrons. The van der Waals surface area contributed by atoms with Crippen LogP contribution in [-0.4, -0.2) is 27.9 Å². The van der Waals surface area contributed by atoms with E-state index in [0.29, 0.717) is 10.9 Å². The number of anilines is 2. The molecule has 2 aromatic rings. The normalized spacial score (nSPS) is 10.0. The summed E-state index contributed by atoms with van der Waals surface area (Å²) in [5.74, 6) is 0.203. The molecule has 0 aliphatic rings. The molecule has 2 rings (SSSR count). The molecule has 88 valence electrons. The minimum absolute atomic E-state index is 0.239. The Bertz CT molecular complexity index is 544. The molecule has 1 amide bonds. The Labute approximate surface area is 110 Å². The highest BCUT2D eigenvalue weighted by atomic mass is 79.9. The largest absolute Gasteiger partial charge is 0.372 e. The van der Waals surface area contributed by atoms with Crippen LogP contribution in [0.3, 0.4) is 0 Å². The molecule has 0 aliphatic heterocycles. The summed E-state index contributed by atoms with van der Waals surface area (Å²) < 4.78 is 0.850. The van der Waals surface area contributed by atoms with E-state index in [1.807, 2.05) is 0 Å². The van der Waals surface area contributed by atoms with E-state index >= 15 is 0 Å². The zero-order valence-electron chi connectivity index (χ0n) is 8.77. The van der Waals surface area contributed by atoms with Gasteiger partial charge in [-0.15, -0.1) is 0 Å². The van der Waals surface area contributed by atoms with Gasteiger partial charge in [0.15, 0.2) is 5.13 Å². The maximum Gasteiger partial charge on any atom is 0.277 e.